The van der Waals surface area contributed by atoms with Crippen molar-refractivity contribution in [1.82, 2.24) is 4.57 Å². The Morgan fingerprint density at radius 1 is 0.970 bits per heavy atom. The van der Waals surface area contributed by atoms with Crippen LogP contribution in [0.5, 0.6) is 5.75 Å². The van der Waals surface area contributed by atoms with E-state index in [9.17, 15) is 19.2 Å². The smallest absolute Gasteiger partial charge is 0.344 e. The van der Waals surface area contributed by atoms with Gasteiger partial charge in [-0.05, 0) is 63.1 Å². The number of halogens is 1. The van der Waals surface area contributed by atoms with Gasteiger partial charge in [0.15, 0.2) is 6.61 Å². The van der Waals surface area contributed by atoms with Gasteiger partial charge in [-0.1, -0.05) is 31.2 Å². The fourth-order valence-corrected chi connectivity index (χ4v) is 3.70. The second-order valence-electron chi connectivity index (χ2n) is 8.31. The first kappa shape index (κ1) is 24.2. The number of benzene rings is 2. The standard InChI is InChI=1S/C25H24ClNO6/c1-5-16-21(22(29)23(26)30)20-17(27(16)24(31)15-10-7-6-8-11-15)12-9-13-18(20)32-14-19(28)33-25(2,3)4/h6-13H,5,14H2,1-4H3. The van der Waals surface area contributed by atoms with Crippen molar-refractivity contribution in [3.05, 3.63) is 65.4 Å². The average molecular weight is 470 g/mol. The number of hydrogen-bond donors (Lipinski definition) is 0. The van der Waals surface area contributed by atoms with Crippen LogP contribution in [0.3, 0.4) is 0 Å². The molecule has 172 valence electrons. The van der Waals surface area contributed by atoms with E-state index in [2.05, 4.69) is 0 Å². The molecule has 0 aliphatic heterocycles. The lowest BCUT2D eigenvalue weighted by atomic mass is 10.0. The summed E-state index contributed by atoms with van der Waals surface area (Å²) in [6.07, 6.45) is 0.268. The first-order chi connectivity index (χ1) is 15.5. The van der Waals surface area contributed by atoms with Gasteiger partial charge in [0.1, 0.15) is 11.4 Å². The second kappa shape index (κ2) is 9.58. The first-order valence-electron chi connectivity index (χ1n) is 10.4. The Hall–Kier alpha value is -3.45. The number of nitrogens with zero attached hydrogens (tertiary/aromatic N) is 1. The topological polar surface area (TPSA) is 91.7 Å². The molecule has 0 N–H and O–H groups in total. The molecule has 0 spiro atoms. The van der Waals surface area contributed by atoms with Crippen molar-refractivity contribution in [3.63, 3.8) is 0 Å². The predicted molar refractivity (Wildman–Crippen MR) is 124 cm³/mol. The molecular weight excluding hydrogens is 446 g/mol. The van der Waals surface area contributed by atoms with Gasteiger partial charge in [0, 0.05) is 11.3 Å². The molecule has 0 radical (unpaired) electrons. The minimum Gasteiger partial charge on any atom is -0.481 e. The molecule has 7 nitrogen and oxygen atoms in total. The lowest BCUT2D eigenvalue weighted by Gasteiger charge is -2.19. The molecule has 0 saturated carbocycles. The van der Waals surface area contributed by atoms with Crippen molar-refractivity contribution in [1.29, 1.82) is 0 Å². The number of fused-ring (bicyclic) bond motifs is 1. The third-order valence-electron chi connectivity index (χ3n) is 4.78. The Labute approximate surface area is 196 Å². The maximum Gasteiger partial charge on any atom is 0.344 e. The minimum absolute atomic E-state index is 0.0171. The fraction of sp³-hybridized carbons (Fsp3) is 0.280. The molecule has 3 aromatic rings. The number of esters is 1. The summed E-state index contributed by atoms with van der Waals surface area (Å²) in [5.41, 5.74) is 0.381. The van der Waals surface area contributed by atoms with Crippen LogP contribution in [0.25, 0.3) is 10.9 Å². The van der Waals surface area contributed by atoms with Gasteiger partial charge in [-0.3, -0.25) is 19.0 Å². The summed E-state index contributed by atoms with van der Waals surface area (Å²) in [4.78, 5) is 50.2. The Balaban J connectivity index is 2.20. The highest BCUT2D eigenvalue weighted by Gasteiger charge is 2.30. The van der Waals surface area contributed by atoms with Crippen molar-refractivity contribution in [2.24, 2.45) is 0 Å². The van der Waals surface area contributed by atoms with Crippen molar-refractivity contribution in [2.45, 2.75) is 39.7 Å². The molecule has 0 aliphatic rings. The molecule has 0 bridgehead atoms. The molecule has 0 atom stereocenters. The molecule has 0 unspecified atom stereocenters. The monoisotopic (exact) mass is 469 g/mol. The lowest BCUT2D eigenvalue weighted by molar-refractivity contribution is -0.157. The van der Waals surface area contributed by atoms with E-state index in [-0.39, 0.29) is 29.0 Å². The van der Waals surface area contributed by atoms with Crippen molar-refractivity contribution >= 4 is 45.4 Å². The first-order valence-corrected chi connectivity index (χ1v) is 10.8. The van der Waals surface area contributed by atoms with Crippen LogP contribution < -0.4 is 4.74 Å². The lowest BCUT2D eigenvalue weighted by Crippen LogP contribution is -2.27. The average Bonchev–Trinajstić information content (AvgIpc) is 3.10. The van der Waals surface area contributed by atoms with Gasteiger partial charge in [0.05, 0.1) is 16.5 Å². The van der Waals surface area contributed by atoms with Crippen LogP contribution in [-0.4, -0.2) is 39.7 Å². The van der Waals surface area contributed by atoms with E-state index in [1.165, 1.54) is 4.57 Å². The number of Topliss-reactive ketones (excluding diaryl/α,β-unsaturated/α-hetero) is 1. The maximum absolute atomic E-state index is 13.4. The van der Waals surface area contributed by atoms with Crippen molar-refractivity contribution < 1.29 is 28.7 Å². The van der Waals surface area contributed by atoms with Gasteiger partial charge in [-0.2, -0.15) is 0 Å². The van der Waals surface area contributed by atoms with E-state index in [1.54, 1.807) is 76.2 Å². The van der Waals surface area contributed by atoms with Crippen LogP contribution in [0.2, 0.25) is 0 Å². The van der Waals surface area contributed by atoms with Crippen LogP contribution in [-0.2, 0) is 20.7 Å². The van der Waals surface area contributed by atoms with Crippen LogP contribution in [0.1, 0.15) is 54.1 Å². The fourth-order valence-electron chi connectivity index (χ4n) is 3.61. The summed E-state index contributed by atoms with van der Waals surface area (Å²) in [5, 5.41) is -0.945. The summed E-state index contributed by atoms with van der Waals surface area (Å²) >= 11 is 5.55. The molecule has 0 amide bonds. The number of hydrogen-bond acceptors (Lipinski definition) is 6. The SMILES string of the molecule is CCc1c(C(=O)C(=O)Cl)c2c(OCC(=O)OC(C)(C)C)cccc2n1C(=O)c1ccccc1. The van der Waals surface area contributed by atoms with Crippen LogP contribution in [0.15, 0.2) is 48.5 Å². The zero-order chi connectivity index (χ0) is 24.3. The van der Waals surface area contributed by atoms with E-state index >= 15 is 0 Å². The minimum atomic E-state index is -1.18. The van der Waals surface area contributed by atoms with Crippen molar-refractivity contribution in [2.75, 3.05) is 6.61 Å². The van der Waals surface area contributed by atoms with Gasteiger partial charge in [-0.15, -0.1) is 0 Å². The molecule has 8 heteroatoms. The van der Waals surface area contributed by atoms with E-state index < -0.39 is 29.2 Å². The van der Waals surface area contributed by atoms with E-state index in [0.717, 1.165) is 0 Å². The predicted octanol–water partition coefficient (Wildman–Crippen LogP) is 4.56. The number of rotatable bonds is 7. The molecule has 0 saturated heterocycles. The molecule has 0 aliphatic carbocycles. The van der Waals surface area contributed by atoms with Crippen LogP contribution in [0.4, 0.5) is 0 Å². The highest BCUT2D eigenvalue weighted by atomic mass is 35.5. The van der Waals surface area contributed by atoms with Gasteiger partial charge in [-0.25, -0.2) is 4.79 Å². The van der Waals surface area contributed by atoms with Crippen molar-refractivity contribution in [3.8, 4) is 5.75 Å². The van der Waals surface area contributed by atoms with Gasteiger partial charge >= 0.3 is 5.97 Å². The van der Waals surface area contributed by atoms with E-state index in [1.807, 2.05) is 0 Å². The molecule has 3 rings (SSSR count). The van der Waals surface area contributed by atoms with E-state index in [4.69, 9.17) is 21.1 Å². The Morgan fingerprint density at radius 3 is 2.21 bits per heavy atom. The third-order valence-corrected chi connectivity index (χ3v) is 4.96. The van der Waals surface area contributed by atoms with Gasteiger partial charge in [0.2, 0.25) is 5.78 Å². The molecule has 1 heterocycles. The van der Waals surface area contributed by atoms with E-state index in [0.29, 0.717) is 16.8 Å². The third kappa shape index (κ3) is 5.14. The summed E-state index contributed by atoms with van der Waals surface area (Å²) in [7, 11) is 0. The number of aromatic nitrogens is 1. The molecule has 33 heavy (non-hydrogen) atoms. The number of carbonyl (C=O) groups excluding carboxylic acids is 4. The quantitative estimate of drug-likeness (QED) is 0.218. The zero-order valence-corrected chi connectivity index (χ0v) is 19.6. The summed E-state index contributed by atoms with van der Waals surface area (Å²) < 4.78 is 12.3. The summed E-state index contributed by atoms with van der Waals surface area (Å²) in [6, 6.07) is 13.4. The Bertz CT molecular complexity index is 1240. The zero-order valence-electron chi connectivity index (χ0n) is 18.8. The highest BCUT2D eigenvalue weighted by molar-refractivity contribution is 6.83. The Morgan fingerprint density at radius 2 is 1.64 bits per heavy atom. The van der Waals surface area contributed by atoms with Crippen LogP contribution >= 0.6 is 11.6 Å². The molecule has 2 aromatic carbocycles. The number of ketones is 1. The largest absolute Gasteiger partial charge is 0.481 e. The summed E-state index contributed by atoms with van der Waals surface area (Å²) in [6.45, 7) is 6.55. The maximum atomic E-state index is 13.4. The summed E-state index contributed by atoms with van der Waals surface area (Å²) in [5.74, 6) is -1.76. The number of carbonyl (C=O) groups is 4. The van der Waals surface area contributed by atoms with Gasteiger partial charge in [0.25, 0.3) is 11.1 Å². The molecule has 1 aromatic heterocycles. The number of ether oxygens (including phenoxy) is 2. The normalized spacial score (nSPS) is 11.3. The van der Waals surface area contributed by atoms with Crippen LogP contribution in [0, 0.1) is 0 Å². The molecule has 0 fully saturated rings. The Kier molecular flexibility index (Phi) is 7.03. The van der Waals surface area contributed by atoms with Gasteiger partial charge < -0.3 is 9.47 Å². The molecular formula is C25H24ClNO6. The second-order valence-corrected chi connectivity index (χ2v) is 8.65. The highest BCUT2D eigenvalue weighted by Crippen LogP contribution is 2.35.